The molecule has 1 aliphatic heterocycles. The molecule has 0 saturated carbocycles. The third kappa shape index (κ3) is 5.77. The van der Waals surface area contributed by atoms with Crippen LogP contribution in [0.15, 0.2) is 82.6 Å². The predicted octanol–water partition coefficient (Wildman–Crippen LogP) is 3.59. The Labute approximate surface area is 225 Å². The lowest BCUT2D eigenvalue weighted by molar-refractivity contribution is -0.130. The molecule has 1 heterocycles. The van der Waals surface area contributed by atoms with Crippen LogP contribution in [-0.2, 0) is 31.3 Å². The van der Waals surface area contributed by atoms with Crippen LogP contribution in [0.4, 0.5) is 5.69 Å². The first-order valence-corrected chi connectivity index (χ1v) is 15.4. The molecule has 4 rings (SSSR count). The minimum absolute atomic E-state index is 0.107. The number of carbonyl (C=O) groups is 1. The van der Waals surface area contributed by atoms with Crippen molar-refractivity contribution in [2.75, 3.05) is 37.0 Å². The number of benzene rings is 3. The summed E-state index contributed by atoms with van der Waals surface area (Å²) in [4.78, 5) is 15.3. The van der Waals surface area contributed by atoms with Gasteiger partial charge in [-0.05, 0) is 56.2 Å². The average molecular weight is 556 g/mol. The van der Waals surface area contributed by atoms with Gasteiger partial charge in [-0.3, -0.25) is 9.10 Å². The Morgan fingerprint density at radius 1 is 0.763 bits per heavy atom. The van der Waals surface area contributed by atoms with Crippen molar-refractivity contribution in [3.05, 3.63) is 89.5 Å². The fourth-order valence-electron chi connectivity index (χ4n) is 4.45. The fraction of sp³-hybridized carbons (Fsp3) is 0.321. The third-order valence-electron chi connectivity index (χ3n) is 6.78. The minimum Gasteiger partial charge on any atom is -0.338 e. The number of nitrogens with zero attached hydrogens (tertiary/aromatic N) is 3. The van der Waals surface area contributed by atoms with Crippen LogP contribution in [0, 0.1) is 13.8 Å². The summed E-state index contributed by atoms with van der Waals surface area (Å²) < 4.78 is 56.2. The second-order valence-corrected chi connectivity index (χ2v) is 13.2. The van der Waals surface area contributed by atoms with Gasteiger partial charge in [0.25, 0.3) is 10.0 Å². The van der Waals surface area contributed by atoms with Gasteiger partial charge >= 0.3 is 0 Å². The van der Waals surface area contributed by atoms with Crippen molar-refractivity contribution < 1.29 is 21.6 Å². The molecule has 0 bridgehead atoms. The van der Waals surface area contributed by atoms with Gasteiger partial charge in [-0.2, -0.15) is 4.31 Å². The van der Waals surface area contributed by atoms with Crippen molar-refractivity contribution in [1.82, 2.24) is 9.21 Å². The summed E-state index contributed by atoms with van der Waals surface area (Å²) in [6, 6.07) is 20.4. The van der Waals surface area contributed by atoms with Gasteiger partial charge < -0.3 is 4.90 Å². The number of carbonyl (C=O) groups excluding carboxylic acids is 1. The molecular formula is C28H33N3O5S2. The molecule has 10 heteroatoms. The van der Waals surface area contributed by atoms with Gasteiger partial charge in [-0.25, -0.2) is 16.8 Å². The Hall–Kier alpha value is -3.21. The van der Waals surface area contributed by atoms with E-state index < -0.39 is 20.0 Å². The van der Waals surface area contributed by atoms with Crippen LogP contribution in [0.25, 0.3) is 0 Å². The molecule has 38 heavy (non-hydrogen) atoms. The van der Waals surface area contributed by atoms with Gasteiger partial charge in [-0.1, -0.05) is 60.5 Å². The van der Waals surface area contributed by atoms with E-state index in [2.05, 4.69) is 0 Å². The number of anilines is 1. The number of aryl methyl sites for hydroxylation is 3. The lowest BCUT2D eigenvalue weighted by Gasteiger charge is -2.35. The number of hydrogen-bond acceptors (Lipinski definition) is 5. The Kier molecular flexibility index (Phi) is 8.25. The number of sulfonamides is 2. The lowest BCUT2D eigenvalue weighted by Crippen LogP contribution is -2.53. The van der Waals surface area contributed by atoms with Gasteiger partial charge in [0.15, 0.2) is 0 Å². The predicted molar refractivity (Wildman–Crippen MR) is 148 cm³/mol. The van der Waals surface area contributed by atoms with E-state index in [1.54, 1.807) is 60.7 Å². The first-order chi connectivity index (χ1) is 18.0. The van der Waals surface area contributed by atoms with Crippen LogP contribution < -0.4 is 4.31 Å². The van der Waals surface area contributed by atoms with Crippen LogP contribution in [0.3, 0.4) is 0 Å². The van der Waals surface area contributed by atoms with Gasteiger partial charge in [0.2, 0.25) is 15.9 Å². The second-order valence-electron chi connectivity index (χ2n) is 9.40. The topological polar surface area (TPSA) is 95.1 Å². The van der Waals surface area contributed by atoms with Crippen molar-refractivity contribution in [1.29, 1.82) is 0 Å². The maximum absolute atomic E-state index is 13.8. The molecule has 1 saturated heterocycles. The van der Waals surface area contributed by atoms with E-state index >= 15 is 0 Å². The molecule has 0 radical (unpaired) electrons. The first-order valence-electron chi connectivity index (χ1n) is 12.6. The number of amides is 1. The van der Waals surface area contributed by atoms with Crippen molar-refractivity contribution in [3.8, 4) is 0 Å². The van der Waals surface area contributed by atoms with E-state index in [1.165, 1.54) is 13.5 Å². The highest BCUT2D eigenvalue weighted by molar-refractivity contribution is 7.92. The monoisotopic (exact) mass is 555 g/mol. The standard InChI is InChI=1S/C28H33N3O5S2/c1-4-24-7-5-6-8-27(24)31(38(35,36)26-15-11-23(3)12-16-26)21-28(32)29-17-19-30(20-18-29)37(33,34)25-13-9-22(2)10-14-25/h5-16H,4,17-21H2,1-3H3. The SMILES string of the molecule is CCc1ccccc1N(CC(=O)N1CCN(S(=O)(=O)c2ccc(C)cc2)CC1)S(=O)(=O)c1ccc(C)cc1. The maximum atomic E-state index is 13.8. The van der Waals surface area contributed by atoms with E-state index in [1.807, 2.05) is 32.9 Å². The molecule has 0 aromatic heterocycles. The molecule has 0 aliphatic carbocycles. The van der Waals surface area contributed by atoms with Gasteiger partial charge in [-0.15, -0.1) is 0 Å². The molecule has 0 atom stereocenters. The molecule has 0 N–H and O–H groups in total. The molecule has 0 spiro atoms. The average Bonchev–Trinajstić information content (AvgIpc) is 2.92. The Balaban J connectivity index is 1.55. The summed E-state index contributed by atoms with van der Waals surface area (Å²) in [6.45, 7) is 5.96. The summed E-state index contributed by atoms with van der Waals surface area (Å²) in [6.07, 6.45) is 0.597. The Bertz CT molecular complexity index is 1490. The normalized spacial score (nSPS) is 14.9. The summed E-state index contributed by atoms with van der Waals surface area (Å²) >= 11 is 0. The van der Waals surface area contributed by atoms with Gasteiger partial charge in [0.05, 0.1) is 15.5 Å². The number of piperazine rings is 1. The van der Waals surface area contributed by atoms with E-state index in [4.69, 9.17) is 0 Å². The van der Waals surface area contributed by atoms with Gasteiger partial charge in [0, 0.05) is 26.2 Å². The smallest absolute Gasteiger partial charge is 0.264 e. The third-order valence-corrected chi connectivity index (χ3v) is 10.5. The number of para-hydroxylation sites is 1. The van der Waals surface area contributed by atoms with Crippen LogP contribution in [0.5, 0.6) is 0 Å². The molecular weight excluding hydrogens is 522 g/mol. The van der Waals surface area contributed by atoms with Gasteiger partial charge in [0.1, 0.15) is 6.54 Å². The van der Waals surface area contributed by atoms with Crippen LogP contribution in [0.1, 0.15) is 23.6 Å². The van der Waals surface area contributed by atoms with Crippen LogP contribution in [-0.4, -0.2) is 64.7 Å². The van der Waals surface area contributed by atoms with Crippen molar-refractivity contribution >= 4 is 31.6 Å². The molecule has 8 nitrogen and oxygen atoms in total. The minimum atomic E-state index is -4.03. The van der Waals surface area contributed by atoms with Crippen LogP contribution in [0.2, 0.25) is 0 Å². The zero-order chi connectivity index (χ0) is 27.5. The zero-order valence-corrected chi connectivity index (χ0v) is 23.5. The quantitative estimate of drug-likeness (QED) is 0.423. The Morgan fingerprint density at radius 2 is 1.29 bits per heavy atom. The van der Waals surface area contributed by atoms with Crippen molar-refractivity contribution in [2.24, 2.45) is 0 Å². The summed E-state index contributed by atoms with van der Waals surface area (Å²) in [7, 11) is -7.71. The molecule has 0 unspecified atom stereocenters. The largest absolute Gasteiger partial charge is 0.338 e. The molecule has 202 valence electrons. The highest BCUT2D eigenvalue weighted by Crippen LogP contribution is 2.28. The van der Waals surface area contributed by atoms with E-state index in [9.17, 15) is 21.6 Å². The van der Waals surface area contributed by atoms with Crippen LogP contribution >= 0.6 is 0 Å². The summed E-state index contributed by atoms with van der Waals surface area (Å²) in [5, 5.41) is 0. The highest BCUT2D eigenvalue weighted by Gasteiger charge is 2.33. The fourth-order valence-corrected chi connectivity index (χ4v) is 7.32. The molecule has 3 aromatic rings. The molecule has 1 aliphatic rings. The summed E-state index contributed by atoms with van der Waals surface area (Å²) in [5.41, 5.74) is 3.17. The zero-order valence-electron chi connectivity index (χ0n) is 21.9. The molecule has 3 aromatic carbocycles. The number of hydrogen-bond donors (Lipinski definition) is 0. The Morgan fingerprint density at radius 3 is 1.84 bits per heavy atom. The van der Waals surface area contributed by atoms with Crippen molar-refractivity contribution in [3.63, 3.8) is 0 Å². The lowest BCUT2D eigenvalue weighted by atomic mass is 10.1. The first kappa shape index (κ1) is 27.8. The summed E-state index contributed by atoms with van der Waals surface area (Å²) in [5.74, 6) is -0.376. The molecule has 1 amide bonds. The maximum Gasteiger partial charge on any atom is 0.264 e. The van der Waals surface area contributed by atoms with E-state index in [0.29, 0.717) is 12.1 Å². The molecule has 1 fully saturated rings. The highest BCUT2D eigenvalue weighted by atomic mass is 32.2. The number of rotatable bonds is 8. The van der Waals surface area contributed by atoms with Crippen molar-refractivity contribution in [2.45, 2.75) is 37.0 Å². The van der Waals surface area contributed by atoms with E-state index in [-0.39, 0.29) is 48.4 Å². The second kappa shape index (κ2) is 11.3. The van der Waals surface area contributed by atoms with E-state index in [0.717, 1.165) is 16.7 Å².